The molecule has 0 radical (unpaired) electrons. The van der Waals surface area contributed by atoms with Crippen LogP contribution < -0.4 is 15.4 Å². The molecule has 7 nitrogen and oxygen atoms in total. The number of hydrogen-bond donors (Lipinski definition) is 2. The maximum atomic E-state index is 12.2. The third kappa shape index (κ3) is 5.27. The smallest absolute Gasteiger partial charge is 0.329 e. The summed E-state index contributed by atoms with van der Waals surface area (Å²) in [6.45, 7) is 1.95. The van der Waals surface area contributed by atoms with E-state index in [1.54, 1.807) is 25.1 Å². The van der Waals surface area contributed by atoms with E-state index in [9.17, 15) is 14.4 Å². The summed E-state index contributed by atoms with van der Waals surface area (Å²) in [7, 11) is 1.48. The quantitative estimate of drug-likeness (QED) is 0.724. The molecule has 0 bridgehead atoms. The summed E-state index contributed by atoms with van der Waals surface area (Å²) in [6, 6.07) is 4.19. The first-order chi connectivity index (χ1) is 11.9. The first-order valence-corrected chi connectivity index (χ1v) is 9.09. The summed E-state index contributed by atoms with van der Waals surface area (Å²) in [4.78, 5) is 36.0. The number of anilines is 1. The van der Waals surface area contributed by atoms with Gasteiger partial charge in [0.15, 0.2) is 0 Å². The van der Waals surface area contributed by atoms with E-state index in [1.807, 2.05) is 0 Å². The summed E-state index contributed by atoms with van der Waals surface area (Å²) in [5, 5.41) is 5.17. The van der Waals surface area contributed by atoms with Gasteiger partial charge < -0.3 is 20.1 Å². The van der Waals surface area contributed by atoms with Crippen LogP contribution in [0.15, 0.2) is 18.2 Å². The van der Waals surface area contributed by atoms with E-state index >= 15 is 0 Å². The molecule has 1 saturated heterocycles. The molecule has 136 valence electrons. The van der Waals surface area contributed by atoms with Crippen LogP contribution in [0.5, 0.6) is 5.75 Å². The third-order valence-corrected chi connectivity index (χ3v) is 4.99. The predicted molar refractivity (Wildman–Crippen MR) is 96.1 cm³/mol. The molecule has 0 saturated carbocycles. The van der Waals surface area contributed by atoms with E-state index in [-0.39, 0.29) is 24.8 Å². The monoisotopic (exact) mass is 386 g/mol. The number of carbonyl (C=O) groups is 3. The number of esters is 1. The molecule has 1 aliphatic heterocycles. The molecule has 0 aliphatic carbocycles. The third-order valence-electron chi connectivity index (χ3n) is 3.45. The van der Waals surface area contributed by atoms with Crippen LogP contribution in [-0.4, -0.2) is 48.5 Å². The number of hydrogen-bond acceptors (Lipinski definition) is 6. The van der Waals surface area contributed by atoms with Gasteiger partial charge in [0.05, 0.1) is 24.7 Å². The summed E-state index contributed by atoms with van der Waals surface area (Å²) in [5.41, 5.74) is 0.436. The maximum absolute atomic E-state index is 12.2. The summed E-state index contributed by atoms with van der Waals surface area (Å²) in [5.74, 6) is -0.329. The van der Waals surface area contributed by atoms with E-state index in [1.165, 1.54) is 18.9 Å². The number of carbonyl (C=O) groups excluding carboxylic acids is 3. The number of halogens is 1. The first-order valence-electron chi connectivity index (χ1n) is 7.66. The zero-order chi connectivity index (χ0) is 18.4. The van der Waals surface area contributed by atoms with Crippen molar-refractivity contribution in [3.8, 4) is 5.75 Å². The first kappa shape index (κ1) is 19.4. The van der Waals surface area contributed by atoms with E-state index in [0.29, 0.717) is 22.2 Å². The molecule has 1 aromatic carbocycles. The van der Waals surface area contributed by atoms with Crippen molar-refractivity contribution in [1.29, 1.82) is 0 Å². The van der Waals surface area contributed by atoms with Gasteiger partial charge in [-0.15, -0.1) is 11.8 Å². The van der Waals surface area contributed by atoms with Gasteiger partial charge in [-0.05, 0) is 25.1 Å². The fourth-order valence-corrected chi connectivity index (χ4v) is 3.57. The highest BCUT2D eigenvalue weighted by Crippen LogP contribution is 2.28. The van der Waals surface area contributed by atoms with Crippen LogP contribution >= 0.6 is 23.4 Å². The lowest BCUT2D eigenvalue weighted by molar-refractivity contribution is -0.146. The van der Waals surface area contributed by atoms with Crippen molar-refractivity contribution < 1.29 is 23.9 Å². The van der Waals surface area contributed by atoms with Gasteiger partial charge in [-0.25, -0.2) is 4.79 Å². The topological polar surface area (TPSA) is 93.7 Å². The molecule has 1 heterocycles. The normalized spacial score (nSPS) is 19.7. The van der Waals surface area contributed by atoms with Gasteiger partial charge in [0, 0.05) is 17.2 Å². The summed E-state index contributed by atoms with van der Waals surface area (Å²) >= 11 is 7.18. The Balaban J connectivity index is 1.92. The molecule has 2 atom stereocenters. The van der Waals surface area contributed by atoms with Crippen LogP contribution in [-0.2, 0) is 19.1 Å². The number of nitrogens with one attached hydrogen (secondary N) is 2. The van der Waals surface area contributed by atoms with Gasteiger partial charge in [0.1, 0.15) is 11.8 Å². The zero-order valence-corrected chi connectivity index (χ0v) is 15.4. The molecule has 25 heavy (non-hydrogen) atoms. The summed E-state index contributed by atoms with van der Waals surface area (Å²) < 4.78 is 10.1. The van der Waals surface area contributed by atoms with Crippen molar-refractivity contribution in [2.45, 2.75) is 24.6 Å². The fraction of sp³-hybridized carbons (Fsp3) is 0.438. The molecule has 1 aliphatic rings. The van der Waals surface area contributed by atoms with Gasteiger partial charge in [-0.1, -0.05) is 11.6 Å². The minimum Gasteiger partial charge on any atom is -0.495 e. The van der Waals surface area contributed by atoms with Gasteiger partial charge in [-0.3, -0.25) is 9.59 Å². The molecule has 9 heteroatoms. The van der Waals surface area contributed by atoms with Crippen molar-refractivity contribution in [1.82, 2.24) is 5.32 Å². The average molecular weight is 387 g/mol. The molecule has 2 amide bonds. The minimum absolute atomic E-state index is 0.0261. The summed E-state index contributed by atoms with van der Waals surface area (Å²) in [6.07, 6.45) is -0.0261. The van der Waals surface area contributed by atoms with Gasteiger partial charge in [0.25, 0.3) is 0 Å². The van der Waals surface area contributed by atoms with Crippen molar-refractivity contribution in [3.63, 3.8) is 0 Å². The second-order valence-corrected chi connectivity index (χ2v) is 6.90. The lowest BCUT2D eigenvalue weighted by Crippen LogP contribution is -2.51. The Kier molecular flexibility index (Phi) is 6.95. The molecular formula is C16H19ClN2O5S. The lowest BCUT2D eigenvalue weighted by atomic mass is 10.2. The van der Waals surface area contributed by atoms with E-state index < -0.39 is 17.3 Å². The number of rotatable bonds is 6. The second-order valence-electron chi connectivity index (χ2n) is 5.23. The fourth-order valence-electron chi connectivity index (χ4n) is 2.26. The Morgan fingerprint density at radius 3 is 2.84 bits per heavy atom. The average Bonchev–Trinajstić information content (AvgIpc) is 2.57. The van der Waals surface area contributed by atoms with Gasteiger partial charge in [0.2, 0.25) is 11.8 Å². The van der Waals surface area contributed by atoms with Crippen molar-refractivity contribution >= 4 is 46.8 Å². The highest BCUT2D eigenvalue weighted by Gasteiger charge is 2.34. The molecule has 2 N–H and O–H groups in total. The standard InChI is InChI=1S/C16H19ClN2O5S/c1-3-24-16(22)11-8-25-13(15(21)19-11)7-14(20)18-10-6-9(17)4-5-12(10)23-2/h4-6,11,13H,3,7-8H2,1-2H3,(H,18,20)(H,19,21)/t11-,13-/m1/s1. The Hall–Kier alpha value is -1.93. The highest BCUT2D eigenvalue weighted by atomic mass is 35.5. The van der Waals surface area contributed by atoms with Gasteiger partial charge in [-0.2, -0.15) is 0 Å². The Labute approximate surface area is 154 Å². The Bertz CT molecular complexity index is 670. The molecular weight excluding hydrogens is 368 g/mol. The largest absolute Gasteiger partial charge is 0.495 e. The highest BCUT2D eigenvalue weighted by molar-refractivity contribution is 8.00. The number of thioether (sulfide) groups is 1. The van der Waals surface area contributed by atoms with Crippen molar-refractivity contribution in [3.05, 3.63) is 23.2 Å². The van der Waals surface area contributed by atoms with E-state index in [0.717, 1.165) is 0 Å². The lowest BCUT2D eigenvalue weighted by Gasteiger charge is -2.27. The maximum Gasteiger partial charge on any atom is 0.329 e. The molecule has 1 aromatic rings. The number of amides is 2. The Morgan fingerprint density at radius 2 is 2.20 bits per heavy atom. The molecule has 0 spiro atoms. The van der Waals surface area contributed by atoms with Crippen LogP contribution in [0.1, 0.15) is 13.3 Å². The zero-order valence-electron chi connectivity index (χ0n) is 13.8. The second kappa shape index (κ2) is 8.96. The predicted octanol–water partition coefficient (Wildman–Crippen LogP) is 1.84. The van der Waals surface area contributed by atoms with Crippen molar-refractivity contribution in [2.24, 2.45) is 0 Å². The van der Waals surface area contributed by atoms with Gasteiger partial charge >= 0.3 is 5.97 Å². The number of ether oxygens (including phenoxy) is 2. The van der Waals surface area contributed by atoms with Crippen LogP contribution in [0.25, 0.3) is 0 Å². The van der Waals surface area contributed by atoms with Crippen molar-refractivity contribution in [2.75, 3.05) is 24.8 Å². The minimum atomic E-state index is -0.676. The Morgan fingerprint density at radius 1 is 1.44 bits per heavy atom. The van der Waals surface area contributed by atoms with Crippen LogP contribution in [0.4, 0.5) is 5.69 Å². The molecule has 2 rings (SSSR count). The van der Waals surface area contributed by atoms with E-state index in [2.05, 4.69) is 10.6 Å². The molecule has 1 fully saturated rings. The van der Waals surface area contributed by atoms with Crippen LogP contribution in [0.2, 0.25) is 5.02 Å². The SMILES string of the molecule is CCOC(=O)[C@H]1CS[C@H](CC(=O)Nc2cc(Cl)ccc2OC)C(=O)N1. The molecule has 0 aromatic heterocycles. The van der Waals surface area contributed by atoms with E-state index in [4.69, 9.17) is 21.1 Å². The molecule has 0 unspecified atom stereocenters. The van der Waals surface area contributed by atoms with Crippen LogP contribution in [0.3, 0.4) is 0 Å². The number of benzene rings is 1. The number of methoxy groups -OCH3 is 1. The van der Waals surface area contributed by atoms with Crippen LogP contribution in [0, 0.1) is 0 Å².